The van der Waals surface area contributed by atoms with Crippen molar-refractivity contribution in [1.29, 1.82) is 0 Å². The number of benzene rings is 2. The number of carboxylic acid groups (broad SMARTS) is 4. The van der Waals surface area contributed by atoms with Crippen LogP contribution in [0.4, 0.5) is 16.2 Å². The van der Waals surface area contributed by atoms with E-state index >= 15 is 0 Å². The number of hydrogen-bond acceptors (Lipinski definition) is 25. The van der Waals surface area contributed by atoms with Gasteiger partial charge in [-0.3, -0.25) is 89.0 Å². The van der Waals surface area contributed by atoms with Crippen molar-refractivity contribution in [1.82, 2.24) is 54.7 Å². The molecule has 5 unspecified atom stereocenters. The lowest BCUT2D eigenvalue weighted by Crippen LogP contribution is -2.53. The molecule has 0 radical (unpaired) electrons. The number of carboxylic acids is 4. The molecule has 0 bridgehead atoms. The number of hydrogen-bond donors (Lipinski definition) is 12. The molecule has 2 aromatic carbocycles. The SMILES string of the molecule is O=C(O)CN1CCN(CCOO)CCN(CCOO)CCN(CC(=O)O)C(Cc2ccc(NC(=O)CCCCN(CCCCC(=O)Nc3ccc(CC4CN(CC(=O)O)CCN(CCOO)CCN(CCOO)CCN4CC(=O)O)cc3)CCCCC3SCC4NC(=O)NC43)cc2)C1. The molecule has 4 saturated heterocycles. The van der Waals surface area contributed by atoms with Crippen molar-refractivity contribution in [3.63, 3.8) is 0 Å². The summed E-state index contributed by atoms with van der Waals surface area (Å²) >= 11 is 1.89. The normalized spacial score (nSPS) is 21.5. The highest BCUT2D eigenvalue weighted by Gasteiger charge is 2.42. The average molecular weight is 1410 g/mol. The molecular weight excluding hydrogens is 1300 g/mol. The van der Waals surface area contributed by atoms with Gasteiger partial charge in [-0.25, -0.2) is 24.3 Å². The zero-order valence-corrected chi connectivity index (χ0v) is 57.3. The van der Waals surface area contributed by atoms with Gasteiger partial charge in [0, 0.05) is 165 Å². The summed E-state index contributed by atoms with van der Waals surface area (Å²) in [6.45, 7) is 8.80. The van der Waals surface area contributed by atoms with E-state index < -0.39 is 36.0 Å². The molecule has 4 aliphatic heterocycles. The number of carbonyl (C=O) groups excluding carboxylic acids is 3. The lowest BCUT2D eigenvalue weighted by atomic mass is 10.0. The fourth-order valence-electron chi connectivity index (χ4n) is 13.2. The van der Waals surface area contributed by atoms with Gasteiger partial charge in [0.15, 0.2) is 0 Å². The van der Waals surface area contributed by atoms with Crippen LogP contribution in [0.1, 0.15) is 68.9 Å². The molecule has 12 N–H and O–H groups in total. The number of nitrogens with zero attached hydrogens (tertiary/aromatic N) is 9. The summed E-state index contributed by atoms with van der Waals surface area (Å²) in [6.07, 6.45) is 7.04. The molecule has 4 amide bonds. The van der Waals surface area contributed by atoms with Crippen LogP contribution in [0.2, 0.25) is 0 Å². The summed E-state index contributed by atoms with van der Waals surface area (Å²) in [6, 6.07) is 14.1. The number of thioether (sulfide) groups is 1. The first-order valence-corrected chi connectivity index (χ1v) is 35.4. The van der Waals surface area contributed by atoms with Crippen molar-refractivity contribution in [3.05, 3.63) is 59.7 Å². The van der Waals surface area contributed by atoms with Crippen LogP contribution < -0.4 is 21.3 Å². The van der Waals surface area contributed by atoms with Gasteiger partial charge in [0.2, 0.25) is 11.8 Å². The Morgan fingerprint density at radius 3 is 1.19 bits per heavy atom. The number of anilines is 2. The maximum atomic E-state index is 13.4. The van der Waals surface area contributed by atoms with E-state index in [0.717, 1.165) is 68.6 Å². The molecule has 6 rings (SSSR count). The van der Waals surface area contributed by atoms with Crippen LogP contribution in [0.3, 0.4) is 0 Å². The van der Waals surface area contributed by atoms with Crippen molar-refractivity contribution in [2.24, 2.45) is 0 Å². The molecule has 32 nitrogen and oxygen atoms in total. The standard InChI is InChI=1S/C65H107N13O19S/c79-58(66-52-14-10-50(11-15-52)41-54-43-75(45-60(81)82)27-25-71(33-37-94-90)21-23-73(35-39-96-92)29-31-77(54)47-62(85)86)8-2-5-19-70(18-4-1-7-57-64-56(49-98-57)68-65(89)69-64)20-6-3-9-59(80)67-53-16-12-51(13-17-53)42-55-44-76(46-61(83)84)28-26-72(34-38-95-91)22-24-74(36-40-97-93)30-32-78(55)48-63(87)88/h10-17,54-57,64,90-93H,1-9,18-49H2,(H,66,79)(H,67,80)(H,81,82)(H,83,84)(H,85,86)(H,87,88)(H2,68,69,89). The number of rotatable bonds is 41. The molecule has 0 spiro atoms. The number of nitrogens with one attached hydrogen (secondary N) is 4. The van der Waals surface area contributed by atoms with Crippen LogP contribution in [-0.4, -0.2) is 352 Å². The van der Waals surface area contributed by atoms with Crippen molar-refractivity contribution in [2.75, 3.05) is 206 Å². The Bertz CT molecular complexity index is 2530. The van der Waals surface area contributed by atoms with E-state index in [9.17, 15) is 54.0 Å². The van der Waals surface area contributed by atoms with E-state index in [-0.39, 0.29) is 108 Å². The third-order valence-electron chi connectivity index (χ3n) is 18.5. The summed E-state index contributed by atoms with van der Waals surface area (Å²) in [4.78, 5) is 123. The second kappa shape index (κ2) is 45.9. The zero-order chi connectivity index (χ0) is 70.4. The first kappa shape index (κ1) is 81.2. The number of amides is 4. The molecule has 98 heavy (non-hydrogen) atoms. The van der Waals surface area contributed by atoms with E-state index in [4.69, 9.17) is 21.0 Å². The lowest BCUT2D eigenvalue weighted by molar-refractivity contribution is -0.245. The summed E-state index contributed by atoms with van der Waals surface area (Å²) in [7, 11) is 0. The number of carbonyl (C=O) groups is 7. The highest BCUT2D eigenvalue weighted by Crippen LogP contribution is 2.33. The van der Waals surface area contributed by atoms with Crippen LogP contribution >= 0.6 is 11.8 Å². The zero-order valence-electron chi connectivity index (χ0n) is 56.5. The number of fused-ring (bicyclic) bond motifs is 1. The molecule has 33 heteroatoms. The summed E-state index contributed by atoms with van der Waals surface area (Å²) in [5.74, 6) is -3.50. The van der Waals surface area contributed by atoms with Gasteiger partial charge in [-0.15, -0.1) is 0 Å². The predicted octanol–water partition coefficient (Wildman–Crippen LogP) is 1.80. The van der Waals surface area contributed by atoms with Crippen molar-refractivity contribution in [2.45, 2.75) is 100 Å². The summed E-state index contributed by atoms with van der Waals surface area (Å²) in [5.41, 5.74) is 2.92. The first-order valence-electron chi connectivity index (χ1n) is 34.3. The third kappa shape index (κ3) is 31.8. The largest absolute Gasteiger partial charge is 0.480 e. The van der Waals surface area contributed by atoms with E-state index in [2.05, 4.69) is 65.3 Å². The molecule has 0 aliphatic carbocycles. The van der Waals surface area contributed by atoms with Gasteiger partial charge >= 0.3 is 29.9 Å². The van der Waals surface area contributed by atoms with Gasteiger partial charge in [-0.05, 0) is 106 Å². The molecule has 5 atom stereocenters. The van der Waals surface area contributed by atoms with Crippen molar-refractivity contribution < 1.29 is 94.6 Å². The van der Waals surface area contributed by atoms with Gasteiger partial charge in [0.1, 0.15) is 0 Å². The van der Waals surface area contributed by atoms with E-state index in [1.54, 1.807) is 9.80 Å². The van der Waals surface area contributed by atoms with Crippen LogP contribution in [0.5, 0.6) is 0 Å². The molecule has 2 aromatic rings. The monoisotopic (exact) mass is 1410 g/mol. The maximum absolute atomic E-state index is 13.4. The second-order valence-corrected chi connectivity index (χ2v) is 27.0. The molecule has 4 heterocycles. The van der Waals surface area contributed by atoms with Gasteiger partial charge in [-0.2, -0.15) is 11.8 Å². The molecule has 0 saturated carbocycles. The number of unbranched alkanes of at least 4 members (excludes halogenated alkanes) is 3. The van der Waals surface area contributed by atoms with Gasteiger partial charge < -0.3 is 46.6 Å². The van der Waals surface area contributed by atoms with Crippen LogP contribution in [0, 0.1) is 0 Å². The molecule has 4 fully saturated rings. The minimum absolute atomic E-state index is 0.0434. The van der Waals surface area contributed by atoms with Gasteiger partial charge in [-0.1, -0.05) is 30.7 Å². The first-order chi connectivity index (χ1) is 47.4. The smallest absolute Gasteiger partial charge is 0.317 e. The topological polar surface area (TPSA) is 396 Å². The summed E-state index contributed by atoms with van der Waals surface area (Å²) < 4.78 is 0. The van der Waals surface area contributed by atoms with E-state index in [1.165, 1.54) is 0 Å². The lowest BCUT2D eigenvalue weighted by Gasteiger charge is -2.38. The Kier molecular flexibility index (Phi) is 38.0. The van der Waals surface area contributed by atoms with Crippen LogP contribution in [0.15, 0.2) is 48.5 Å². The average Bonchev–Trinajstić information content (AvgIpc) is 1.63. The quantitative estimate of drug-likeness (QED) is 0.0195. The molecule has 0 aromatic heterocycles. The third-order valence-corrected chi connectivity index (χ3v) is 20.0. The second-order valence-electron chi connectivity index (χ2n) is 25.8. The van der Waals surface area contributed by atoms with Crippen molar-refractivity contribution >= 4 is 64.9 Å². The van der Waals surface area contributed by atoms with Gasteiger partial charge in [0.25, 0.3) is 0 Å². The predicted molar refractivity (Wildman–Crippen MR) is 365 cm³/mol. The van der Waals surface area contributed by atoms with Crippen LogP contribution in [0.25, 0.3) is 0 Å². The highest BCUT2D eigenvalue weighted by atomic mass is 32.2. The molecular formula is C65H107N13O19S. The molecule has 4 aliphatic rings. The minimum Gasteiger partial charge on any atom is -0.480 e. The maximum Gasteiger partial charge on any atom is 0.317 e. The number of urea groups is 1. The Labute approximate surface area is 578 Å². The Morgan fingerprint density at radius 2 is 0.827 bits per heavy atom. The van der Waals surface area contributed by atoms with E-state index in [1.807, 2.05) is 70.1 Å². The van der Waals surface area contributed by atoms with Crippen molar-refractivity contribution in [3.8, 4) is 0 Å². The fraction of sp³-hybridized carbons (Fsp3) is 0.708. The Hall–Kier alpha value is -5.80. The van der Waals surface area contributed by atoms with E-state index in [0.29, 0.717) is 147 Å². The fourth-order valence-corrected chi connectivity index (χ4v) is 14.8. The Morgan fingerprint density at radius 1 is 0.469 bits per heavy atom. The van der Waals surface area contributed by atoms with Gasteiger partial charge in [0.05, 0.1) is 64.7 Å². The number of aliphatic carboxylic acids is 4. The highest BCUT2D eigenvalue weighted by molar-refractivity contribution is 8.00. The van der Waals surface area contributed by atoms with Crippen LogP contribution in [-0.2, 0) is 61.2 Å². The molecule has 552 valence electrons. The summed E-state index contributed by atoms with van der Waals surface area (Å²) in [5, 5.41) is 88.9. The minimum atomic E-state index is -1.03. The Balaban J connectivity index is 1.02.